The number of carbonyl (C=O) groups is 1. The second-order valence-corrected chi connectivity index (χ2v) is 4.09. The molecule has 2 aromatic carbocycles. The van der Waals surface area contributed by atoms with Crippen molar-refractivity contribution in [3.05, 3.63) is 48.0 Å². The lowest BCUT2D eigenvalue weighted by Gasteiger charge is -2.10. The molecule has 18 heavy (non-hydrogen) atoms. The quantitative estimate of drug-likeness (QED) is 0.649. The second-order valence-electron chi connectivity index (χ2n) is 4.09. The standard InChI is InChI=1S/C15H14O3/c1-10-8-15(18-11(2)16)14(17)9-13(10)12-6-4-3-5-7-12/h3-9,17H,1-2H3. The Morgan fingerprint density at radius 3 is 2.44 bits per heavy atom. The van der Waals surface area contributed by atoms with Crippen molar-refractivity contribution in [2.24, 2.45) is 0 Å². The predicted octanol–water partition coefficient (Wildman–Crippen LogP) is 3.29. The van der Waals surface area contributed by atoms with E-state index in [9.17, 15) is 9.90 Å². The van der Waals surface area contributed by atoms with E-state index in [0.717, 1.165) is 16.7 Å². The average Bonchev–Trinajstić information content (AvgIpc) is 2.34. The van der Waals surface area contributed by atoms with Crippen molar-refractivity contribution in [3.63, 3.8) is 0 Å². The monoisotopic (exact) mass is 242 g/mol. The second kappa shape index (κ2) is 4.92. The molecule has 0 saturated heterocycles. The van der Waals surface area contributed by atoms with Gasteiger partial charge in [-0.3, -0.25) is 4.79 Å². The highest BCUT2D eigenvalue weighted by Crippen LogP contribution is 2.34. The van der Waals surface area contributed by atoms with Crippen LogP contribution in [-0.2, 0) is 4.79 Å². The van der Waals surface area contributed by atoms with E-state index in [1.807, 2.05) is 37.3 Å². The smallest absolute Gasteiger partial charge is 0.308 e. The van der Waals surface area contributed by atoms with Gasteiger partial charge in [0.1, 0.15) is 0 Å². The van der Waals surface area contributed by atoms with Gasteiger partial charge in [0.25, 0.3) is 0 Å². The number of aryl methyl sites for hydroxylation is 1. The third-order valence-electron chi connectivity index (χ3n) is 2.64. The van der Waals surface area contributed by atoms with E-state index in [1.54, 1.807) is 12.1 Å². The minimum atomic E-state index is -0.447. The molecule has 0 fully saturated rings. The number of phenolic OH excluding ortho intramolecular Hbond substituents is 1. The molecule has 3 nitrogen and oxygen atoms in total. The maximum absolute atomic E-state index is 10.9. The van der Waals surface area contributed by atoms with Gasteiger partial charge < -0.3 is 9.84 Å². The van der Waals surface area contributed by atoms with E-state index in [1.165, 1.54) is 6.92 Å². The zero-order valence-corrected chi connectivity index (χ0v) is 10.3. The maximum atomic E-state index is 10.9. The summed E-state index contributed by atoms with van der Waals surface area (Å²) in [6.07, 6.45) is 0. The van der Waals surface area contributed by atoms with Crippen molar-refractivity contribution < 1.29 is 14.6 Å². The van der Waals surface area contributed by atoms with Gasteiger partial charge >= 0.3 is 5.97 Å². The molecule has 0 spiro atoms. The SMILES string of the molecule is CC(=O)Oc1cc(C)c(-c2ccccc2)cc1O. The van der Waals surface area contributed by atoms with Crippen LogP contribution in [0, 0.1) is 6.92 Å². The van der Waals surface area contributed by atoms with Gasteiger partial charge in [-0.15, -0.1) is 0 Å². The van der Waals surface area contributed by atoms with Crippen LogP contribution in [0.5, 0.6) is 11.5 Å². The fourth-order valence-corrected chi connectivity index (χ4v) is 1.84. The molecular weight excluding hydrogens is 228 g/mol. The zero-order chi connectivity index (χ0) is 13.1. The Kier molecular flexibility index (Phi) is 3.33. The molecule has 0 aliphatic rings. The lowest BCUT2D eigenvalue weighted by molar-refractivity contribution is -0.132. The van der Waals surface area contributed by atoms with Gasteiger partial charge in [-0.2, -0.15) is 0 Å². The van der Waals surface area contributed by atoms with Gasteiger partial charge in [-0.1, -0.05) is 30.3 Å². The van der Waals surface area contributed by atoms with E-state index in [2.05, 4.69) is 0 Å². The minimum absolute atomic E-state index is 0.0327. The van der Waals surface area contributed by atoms with Gasteiger partial charge in [-0.05, 0) is 35.7 Å². The van der Waals surface area contributed by atoms with Crippen LogP contribution in [-0.4, -0.2) is 11.1 Å². The summed E-state index contributed by atoms with van der Waals surface area (Å²) in [5.41, 5.74) is 2.87. The molecule has 0 aromatic heterocycles. The first kappa shape index (κ1) is 12.2. The molecule has 0 aliphatic heterocycles. The molecule has 0 bridgehead atoms. The molecule has 1 N–H and O–H groups in total. The first-order valence-electron chi connectivity index (χ1n) is 5.65. The Hall–Kier alpha value is -2.29. The highest BCUT2D eigenvalue weighted by molar-refractivity contribution is 5.74. The zero-order valence-electron chi connectivity index (χ0n) is 10.3. The van der Waals surface area contributed by atoms with Gasteiger partial charge in [0.05, 0.1) is 0 Å². The van der Waals surface area contributed by atoms with Crippen LogP contribution in [0.3, 0.4) is 0 Å². The van der Waals surface area contributed by atoms with Crippen LogP contribution in [0.1, 0.15) is 12.5 Å². The summed E-state index contributed by atoms with van der Waals surface area (Å²) < 4.78 is 4.93. The largest absolute Gasteiger partial charge is 0.504 e. The molecule has 0 atom stereocenters. The minimum Gasteiger partial charge on any atom is -0.504 e. The number of rotatable bonds is 2. The van der Waals surface area contributed by atoms with Crippen molar-refractivity contribution in [2.75, 3.05) is 0 Å². The molecule has 0 heterocycles. The summed E-state index contributed by atoms with van der Waals surface area (Å²) in [7, 11) is 0. The molecular formula is C15H14O3. The highest BCUT2D eigenvalue weighted by atomic mass is 16.5. The lowest BCUT2D eigenvalue weighted by Crippen LogP contribution is -2.02. The van der Waals surface area contributed by atoms with Crippen LogP contribution in [0.15, 0.2) is 42.5 Å². The molecule has 0 radical (unpaired) electrons. The van der Waals surface area contributed by atoms with Gasteiger partial charge in [0, 0.05) is 6.92 Å². The van der Waals surface area contributed by atoms with Crippen molar-refractivity contribution in [3.8, 4) is 22.6 Å². The Morgan fingerprint density at radius 2 is 1.83 bits per heavy atom. The predicted molar refractivity (Wildman–Crippen MR) is 69.6 cm³/mol. The van der Waals surface area contributed by atoms with Crippen LogP contribution < -0.4 is 4.74 Å². The fraction of sp³-hybridized carbons (Fsp3) is 0.133. The molecule has 92 valence electrons. The Balaban J connectivity index is 2.46. The normalized spacial score (nSPS) is 10.1. The van der Waals surface area contributed by atoms with E-state index in [4.69, 9.17) is 4.74 Å². The van der Waals surface area contributed by atoms with E-state index in [0.29, 0.717) is 0 Å². The molecule has 3 heteroatoms. The third kappa shape index (κ3) is 2.51. The Bertz CT molecular complexity index is 574. The van der Waals surface area contributed by atoms with Gasteiger partial charge in [0.2, 0.25) is 0 Å². The number of hydrogen-bond acceptors (Lipinski definition) is 3. The molecule has 0 saturated carbocycles. The van der Waals surface area contributed by atoms with Crippen LogP contribution in [0.4, 0.5) is 0 Å². The number of ether oxygens (including phenoxy) is 1. The topological polar surface area (TPSA) is 46.5 Å². The molecule has 0 amide bonds. The number of aromatic hydroxyl groups is 1. The fourth-order valence-electron chi connectivity index (χ4n) is 1.84. The summed E-state index contributed by atoms with van der Waals surface area (Å²) in [5, 5.41) is 9.85. The number of carbonyl (C=O) groups excluding carboxylic acids is 1. The Labute approximate surface area is 106 Å². The number of esters is 1. The van der Waals surface area contributed by atoms with Crippen LogP contribution in [0.2, 0.25) is 0 Å². The summed E-state index contributed by atoms with van der Waals surface area (Å²) in [4.78, 5) is 10.9. The average molecular weight is 242 g/mol. The number of hydrogen-bond donors (Lipinski definition) is 1. The third-order valence-corrected chi connectivity index (χ3v) is 2.64. The molecule has 2 rings (SSSR count). The van der Waals surface area contributed by atoms with Crippen LogP contribution >= 0.6 is 0 Å². The van der Waals surface area contributed by atoms with E-state index < -0.39 is 5.97 Å². The lowest BCUT2D eigenvalue weighted by atomic mass is 10.00. The van der Waals surface area contributed by atoms with E-state index >= 15 is 0 Å². The van der Waals surface area contributed by atoms with Crippen molar-refractivity contribution >= 4 is 5.97 Å². The summed E-state index contributed by atoms with van der Waals surface area (Å²) in [6, 6.07) is 13.0. The van der Waals surface area contributed by atoms with Gasteiger partial charge in [-0.25, -0.2) is 0 Å². The molecule has 2 aromatic rings. The van der Waals surface area contributed by atoms with Crippen molar-refractivity contribution in [1.82, 2.24) is 0 Å². The van der Waals surface area contributed by atoms with Crippen molar-refractivity contribution in [2.45, 2.75) is 13.8 Å². The van der Waals surface area contributed by atoms with Crippen LogP contribution in [0.25, 0.3) is 11.1 Å². The van der Waals surface area contributed by atoms with Gasteiger partial charge in [0.15, 0.2) is 11.5 Å². The summed E-state index contributed by atoms with van der Waals surface area (Å²) in [6.45, 7) is 3.22. The first-order valence-corrected chi connectivity index (χ1v) is 5.65. The molecule has 0 aliphatic carbocycles. The maximum Gasteiger partial charge on any atom is 0.308 e. The highest BCUT2D eigenvalue weighted by Gasteiger charge is 2.10. The molecule has 0 unspecified atom stereocenters. The number of phenols is 1. The number of benzene rings is 2. The Morgan fingerprint density at radius 1 is 1.17 bits per heavy atom. The summed E-state index contributed by atoms with van der Waals surface area (Å²) >= 11 is 0. The summed E-state index contributed by atoms with van der Waals surface area (Å²) in [5.74, 6) is -0.286. The van der Waals surface area contributed by atoms with E-state index in [-0.39, 0.29) is 11.5 Å². The van der Waals surface area contributed by atoms with Crippen molar-refractivity contribution in [1.29, 1.82) is 0 Å². The first-order chi connectivity index (χ1) is 8.58.